The van der Waals surface area contributed by atoms with E-state index in [1.54, 1.807) is 0 Å². The van der Waals surface area contributed by atoms with Crippen molar-refractivity contribution < 1.29 is 9.90 Å². The minimum atomic E-state index is -0.817. The summed E-state index contributed by atoms with van der Waals surface area (Å²) in [5.74, 6) is -0.817. The van der Waals surface area contributed by atoms with E-state index in [-0.39, 0.29) is 6.04 Å². The van der Waals surface area contributed by atoms with Crippen LogP contribution in [0, 0.1) is 0 Å². The number of carboxylic acid groups (broad SMARTS) is 1. The van der Waals surface area contributed by atoms with Gasteiger partial charge in [0.25, 0.3) is 0 Å². The molecule has 2 atom stereocenters. The number of rotatable bonds is 8. The SMILES string of the molecule is CC(CCc1[nH]nc2ccccc12)N[C@H](Cc1ccccc1)C(=O)O. The Morgan fingerprint density at radius 2 is 1.88 bits per heavy atom. The Hall–Kier alpha value is -2.66. The molecule has 1 unspecified atom stereocenters. The number of aromatic nitrogens is 2. The minimum absolute atomic E-state index is 0.0897. The third-order valence-corrected chi connectivity index (χ3v) is 4.43. The average molecular weight is 337 g/mol. The number of aliphatic carboxylic acids is 1. The molecule has 25 heavy (non-hydrogen) atoms. The number of aryl methyl sites for hydroxylation is 1. The van der Waals surface area contributed by atoms with Crippen LogP contribution in [-0.4, -0.2) is 33.4 Å². The zero-order valence-corrected chi connectivity index (χ0v) is 14.3. The first-order chi connectivity index (χ1) is 12.1. The molecule has 0 saturated carbocycles. The van der Waals surface area contributed by atoms with E-state index in [4.69, 9.17) is 0 Å². The number of nitrogens with zero attached hydrogens (tertiary/aromatic N) is 1. The Morgan fingerprint density at radius 3 is 2.64 bits per heavy atom. The quantitative estimate of drug-likeness (QED) is 0.590. The second kappa shape index (κ2) is 7.94. The summed E-state index contributed by atoms with van der Waals surface area (Å²) in [6, 6.07) is 17.2. The van der Waals surface area contributed by atoms with Crippen LogP contribution >= 0.6 is 0 Å². The third kappa shape index (κ3) is 4.45. The smallest absolute Gasteiger partial charge is 0.321 e. The Morgan fingerprint density at radius 1 is 1.16 bits per heavy atom. The van der Waals surface area contributed by atoms with Gasteiger partial charge in [-0.05, 0) is 37.8 Å². The van der Waals surface area contributed by atoms with Crippen LogP contribution in [0.25, 0.3) is 10.9 Å². The standard InChI is InChI=1S/C20H23N3O2/c1-14(11-12-18-16-9-5-6-10-17(16)22-23-18)21-19(20(24)25)13-15-7-3-2-4-8-15/h2-10,14,19,21H,11-13H2,1H3,(H,22,23)(H,24,25)/t14?,19-/m1/s1. The van der Waals surface area contributed by atoms with Gasteiger partial charge >= 0.3 is 5.97 Å². The van der Waals surface area contributed by atoms with Gasteiger partial charge in [0, 0.05) is 17.1 Å². The fourth-order valence-corrected chi connectivity index (χ4v) is 3.06. The lowest BCUT2D eigenvalue weighted by molar-refractivity contribution is -0.139. The topological polar surface area (TPSA) is 78.0 Å². The minimum Gasteiger partial charge on any atom is -0.480 e. The van der Waals surface area contributed by atoms with Crippen LogP contribution in [0.1, 0.15) is 24.6 Å². The number of carbonyl (C=O) groups is 1. The Labute approximate surface area is 147 Å². The lowest BCUT2D eigenvalue weighted by Gasteiger charge is -2.20. The Kier molecular flexibility index (Phi) is 5.46. The number of aromatic amines is 1. The first-order valence-corrected chi connectivity index (χ1v) is 8.58. The molecular weight excluding hydrogens is 314 g/mol. The molecule has 5 heteroatoms. The van der Waals surface area contributed by atoms with E-state index in [0.717, 1.165) is 35.0 Å². The number of para-hydroxylation sites is 1. The average Bonchev–Trinajstić information content (AvgIpc) is 3.03. The van der Waals surface area contributed by atoms with Gasteiger partial charge in [-0.1, -0.05) is 48.5 Å². The number of fused-ring (bicyclic) bond motifs is 1. The number of nitrogens with one attached hydrogen (secondary N) is 2. The molecule has 130 valence electrons. The van der Waals surface area contributed by atoms with Crippen LogP contribution in [0.4, 0.5) is 0 Å². The monoisotopic (exact) mass is 337 g/mol. The van der Waals surface area contributed by atoms with Crippen molar-refractivity contribution in [2.24, 2.45) is 0 Å². The number of H-pyrrole nitrogens is 1. The van der Waals surface area contributed by atoms with E-state index >= 15 is 0 Å². The molecule has 0 aliphatic carbocycles. The van der Waals surface area contributed by atoms with Crippen molar-refractivity contribution in [2.75, 3.05) is 0 Å². The fourth-order valence-electron chi connectivity index (χ4n) is 3.06. The van der Waals surface area contributed by atoms with Crippen LogP contribution in [0.2, 0.25) is 0 Å². The van der Waals surface area contributed by atoms with E-state index in [0.29, 0.717) is 6.42 Å². The van der Waals surface area contributed by atoms with Crippen molar-refractivity contribution >= 4 is 16.9 Å². The zero-order chi connectivity index (χ0) is 17.6. The van der Waals surface area contributed by atoms with Crippen molar-refractivity contribution in [3.05, 3.63) is 65.9 Å². The fraction of sp³-hybridized carbons (Fsp3) is 0.300. The molecule has 5 nitrogen and oxygen atoms in total. The summed E-state index contributed by atoms with van der Waals surface area (Å²) in [5.41, 5.74) is 3.08. The second-order valence-electron chi connectivity index (χ2n) is 6.41. The predicted octanol–water partition coefficient (Wildman–Crippen LogP) is 3.17. The van der Waals surface area contributed by atoms with Crippen LogP contribution in [0.3, 0.4) is 0 Å². The van der Waals surface area contributed by atoms with E-state index in [2.05, 4.69) is 21.6 Å². The first kappa shape index (κ1) is 17.2. The van der Waals surface area contributed by atoms with Crippen molar-refractivity contribution in [3.63, 3.8) is 0 Å². The molecule has 3 rings (SSSR count). The van der Waals surface area contributed by atoms with Crippen LogP contribution in [0.15, 0.2) is 54.6 Å². The summed E-state index contributed by atoms with van der Waals surface area (Å²) in [7, 11) is 0. The summed E-state index contributed by atoms with van der Waals surface area (Å²) in [6.07, 6.45) is 2.14. The van der Waals surface area contributed by atoms with Crippen molar-refractivity contribution in [1.82, 2.24) is 15.5 Å². The van der Waals surface area contributed by atoms with Gasteiger partial charge < -0.3 is 10.4 Å². The van der Waals surface area contributed by atoms with Gasteiger partial charge in [0.2, 0.25) is 0 Å². The molecule has 2 aromatic carbocycles. The zero-order valence-electron chi connectivity index (χ0n) is 14.3. The Bertz CT molecular complexity index is 829. The number of hydrogen-bond donors (Lipinski definition) is 3. The largest absolute Gasteiger partial charge is 0.480 e. The maximum atomic E-state index is 11.6. The maximum Gasteiger partial charge on any atom is 0.321 e. The highest BCUT2D eigenvalue weighted by Gasteiger charge is 2.20. The van der Waals surface area contributed by atoms with Gasteiger partial charge in [0.1, 0.15) is 6.04 Å². The van der Waals surface area contributed by atoms with Gasteiger partial charge in [-0.3, -0.25) is 9.89 Å². The number of benzene rings is 2. The van der Waals surface area contributed by atoms with Gasteiger partial charge in [0.15, 0.2) is 0 Å². The molecule has 0 radical (unpaired) electrons. The molecule has 0 aliphatic heterocycles. The molecule has 3 aromatic rings. The maximum absolute atomic E-state index is 11.6. The molecule has 1 heterocycles. The Balaban J connectivity index is 1.58. The van der Waals surface area contributed by atoms with Crippen LogP contribution in [0.5, 0.6) is 0 Å². The molecule has 0 aliphatic rings. The van der Waals surface area contributed by atoms with E-state index in [1.807, 2.05) is 55.5 Å². The van der Waals surface area contributed by atoms with E-state index in [9.17, 15) is 9.90 Å². The number of carboxylic acids is 1. The molecule has 0 spiro atoms. The summed E-state index contributed by atoms with van der Waals surface area (Å²) in [5, 5.41) is 21.3. The summed E-state index contributed by atoms with van der Waals surface area (Å²) in [4.78, 5) is 11.6. The summed E-state index contributed by atoms with van der Waals surface area (Å²) < 4.78 is 0. The van der Waals surface area contributed by atoms with Gasteiger partial charge in [-0.2, -0.15) is 5.10 Å². The predicted molar refractivity (Wildman–Crippen MR) is 98.6 cm³/mol. The van der Waals surface area contributed by atoms with Gasteiger partial charge in [-0.15, -0.1) is 0 Å². The highest BCUT2D eigenvalue weighted by molar-refractivity contribution is 5.81. The molecule has 0 saturated heterocycles. The number of hydrogen-bond acceptors (Lipinski definition) is 3. The van der Waals surface area contributed by atoms with Crippen LogP contribution in [-0.2, 0) is 17.6 Å². The summed E-state index contributed by atoms with van der Waals surface area (Å²) in [6.45, 7) is 2.03. The van der Waals surface area contributed by atoms with Crippen molar-refractivity contribution in [3.8, 4) is 0 Å². The van der Waals surface area contributed by atoms with Gasteiger partial charge in [0.05, 0.1) is 5.52 Å². The van der Waals surface area contributed by atoms with E-state index < -0.39 is 12.0 Å². The lowest BCUT2D eigenvalue weighted by atomic mass is 10.0. The molecule has 1 aromatic heterocycles. The molecular formula is C20H23N3O2. The molecule has 0 bridgehead atoms. The highest BCUT2D eigenvalue weighted by atomic mass is 16.4. The van der Waals surface area contributed by atoms with E-state index in [1.165, 1.54) is 0 Å². The summed E-state index contributed by atoms with van der Waals surface area (Å²) >= 11 is 0. The van der Waals surface area contributed by atoms with Gasteiger partial charge in [-0.25, -0.2) is 0 Å². The first-order valence-electron chi connectivity index (χ1n) is 8.58. The highest BCUT2D eigenvalue weighted by Crippen LogP contribution is 2.17. The van der Waals surface area contributed by atoms with Crippen LogP contribution < -0.4 is 5.32 Å². The lowest BCUT2D eigenvalue weighted by Crippen LogP contribution is -2.43. The molecule has 0 fully saturated rings. The third-order valence-electron chi connectivity index (χ3n) is 4.43. The molecule has 0 amide bonds. The van der Waals surface area contributed by atoms with Crippen molar-refractivity contribution in [1.29, 1.82) is 0 Å². The second-order valence-corrected chi connectivity index (χ2v) is 6.41. The molecule has 3 N–H and O–H groups in total. The normalized spacial score (nSPS) is 13.6. The van der Waals surface area contributed by atoms with Crippen molar-refractivity contribution in [2.45, 2.75) is 38.3 Å².